The van der Waals surface area contributed by atoms with E-state index < -0.39 is 0 Å². The Kier molecular flexibility index (Phi) is 7.65. The summed E-state index contributed by atoms with van der Waals surface area (Å²) in [5, 5.41) is 12.7. The fraction of sp³-hybridized carbons (Fsp3) is 0.556. The van der Waals surface area contributed by atoms with E-state index in [0.29, 0.717) is 6.54 Å². The molecule has 0 aromatic heterocycles. The lowest BCUT2D eigenvalue weighted by molar-refractivity contribution is 0.203. The summed E-state index contributed by atoms with van der Waals surface area (Å²) in [6.45, 7) is 13.8. The van der Waals surface area contributed by atoms with Crippen molar-refractivity contribution in [1.82, 2.24) is 10.2 Å². The van der Waals surface area contributed by atoms with Crippen LogP contribution in [0.3, 0.4) is 0 Å². The molecule has 0 unspecified atom stereocenters. The zero-order valence-corrected chi connectivity index (χ0v) is 13.7. The van der Waals surface area contributed by atoms with Gasteiger partial charge in [-0.25, -0.2) is 0 Å². The van der Waals surface area contributed by atoms with Crippen molar-refractivity contribution in [2.24, 2.45) is 0 Å². The molecule has 3 nitrogen and oxygen atoms in total. The van der Waals surface area contributed by atoms with Crippen LogP contribution in [-0.4, -0.2) is 41.8 Å². The molecule has 2 N–H and O–H groups in total. The Morgan fingerprint density at radius 2 is 1.90 bits per heavy atom. The smallest absolute Gasteiger partial charge is 0.0558 e. The molecule has 0 radical (unpaired) electrons. The fourth-order valence-electron chi connectivity index (χ4n) is 2.33. The summed E-state index contributed by atoms with van der Waals surface area (Å²) < 4.78 is 0. The van der Waals surface area contributed by atoms with Crippen molar-refractivity contribution in [2.75, 3.05) is 26.2 Å². The van der Waals surface area contributed by atoms with E-state index in [1.807, 2.05) is 6.08 Å². The molecule has 3 heteroatoms. The van der Waals surface area contributed by atoms with Crippen LogP contribution >= 0.6 is 0 Å². The molecule has 0 bridgehead atoms. The quantitative estimate of drug-likeness (QED) is 0.686. The molecule has 0 fully saturated rings. The molecule has 0 saturated carbocycles. The highest BCUT2D eigenvalue weighted by atomic mass is 16.3. The maximum atomic E-state index is 9.16. The second kappa shape index (κ2) is 8.98. The van der Waals surface area contributed by atoms with E-state index in [2.05, 4.69) is 61.8 Å². The molecule has 0 aliphatic rings. The molecule has 0 spiro atoms. The summed E-state index contributed by atoms with van der Waals surface area (Å²) in [4.78, 5) is 2.21. The number of nitrogens with zero attached hydrogens (tertiary/aromatic N) is 1. The van der Waals surface area contributed by atoms with Crippen LogP contribution in [0.4, 0.5) is 0 Å². The van der Waals surface area contributed by atoms with E-state index in [4.69, 9.17) is 5.11 Å². The van der Waals surface area contributed by atoms with Gasteiger partial charge in [0.25, 0.3) is 0 Å². The number of hydrogen-bond acceptors (Lipinski definition) is 3. The molecular formula is C18H30N2O. The Hall–Kier alpha value is -1.16. The van der Waals surface area contributed by atoms with Gasteiger partial charge in [-0.15, -0.1) is 6.58 Å². The molecule has 0 aliphatic carbocycles. The van der Waals surface area contributed by atoms with Gasteiger partial charge < -0.3 is 10.4 Å². The largest absolute Gasteiger partial charge is 0.395 e. The van der Waals surface area contributed by atoms with Gasteiger partial charge in [0.1, 0.15) is 0 Å². The lowest BCUT2D eigenvalue weighted by atomic mass is 10.0. The summed E-state index contributed by atoms with van der Waals surface area (Å²) in [5.74, 6) is 0. The molecule has 0 aliphatic heterocycles. The zero-order chi connectivity index (χ0) is 15.7. The molecule has 0 saturated heterocycles. The van der Waals surface area contributed by atoms with E-state index in [1.54, 1.807) is 0 Å². The summed E-state index contributed by atoms with van der Waals surface area (Å²) in [7, 11) is 0. The monoisotopic (exact) mass is 290 g/mol. The number of nitrogens with one attached hydrogen (secondary N) is 1. The third kappa shape index (κ3) is 7.42. The Balaban J connectivity index is 2.67. The van der Waals surface area contributed by atoms with Gasteiger partial charge >= 0.3 is 0 Å². The van der Waals surface area contributed by atoms with Gasteiger partial charge in [0.15, 0.2) is 0 Å². The van der Waals surface area contributed by atoms with Gasteiger partial charge in [0, 0.05) is 25.2 Å². The van der Waals surface area contributed by atoms with Crippen LogP contribution in [-0.2, 0) is 13.0 Å². The first-order valence-electron chi connectivity index (χ1n) is 7.72. The van der Waals surface area contributed by atoms with E-state index in [1.165, 1.54) is 11.1 Å². The first kappa shape index (κ1) is 17.9. The van der Waals surface area contributed by atoms with Gasteiger partial charge in [-0.2, -0.15) is 0 Å². The highest BCUT2D eigenvalue weighted by Gasteiger charge is 2.10. The third-order valence-corrected chi connectivity index (χ3v) is 3.37. The molecule has 1 rings (SSSR count). The minimum Gasteiger partial charge on any atom is -0.395 e. The number of hydrogen-bond donors (Lipinski definition) is 2. The van der Waals surface area contributed by atoms with Crippen LogP contribution in [0.15, 0.2) is 36.9 Å². The SMILES string of the molecule is C=CCN(CCO)Cc1ccccc1CCNC(C)(C)C. The highest BCUT2D eigenvalue weighted by Crippen LogP contribution is 2.13. The van der Waals surface area contributed by atoms with Gasteiger partial charge in [-0.1, -0.05) is 30.3 Å². The molecular weight excluding hydrogens is 260 g/mol. The summed E-state index contributed by atoms with van der Waals surface area (Å²) in [6.07, 6.45) is 2.91. The first-order valence-corrected chi connectivity index (χ1v) is 7.72. The molecule has 1 aromatic carbocycles. The standard InChI is InChI=1S/C18H30N2O/c1-5-12-20(13-14-21)15-17-9-7-6-8-16(17)10-11-19-18(2,3)4/h5-9,19,21H,1,10-15H2,2-4H3. The van der Waals surface area contributed by atoms with Crippen LogP contribution in [0.25, 0.3) is 0 Å². The van der Waals surface area contributed by atoms with E-state index in [-0.39, 0.29) is 12.1 Å². The normalized spacial score (nSPS) is 11.9. The van der Waals surface area contributed by atoms with Crippen LogP contribution in [0.1, 0.15) is 31.9 Å². The highest BCUT2D eigenvalue weighted by molar-refractivity contribution is 5.27. The second-order valence-electron chi connectivity index (χ2n) is 6.44. The Morgan fingerprint density at radius 1 is 1.24 bits per heavy atom. The molecule has 0 atom stereocenters. The molecule has 0 heterocycles. The van der Waals surface area contributed by atoms with Crippen molar-refractivity contribution >= 4 is 0 Å². The fourth-order valence-corrected chi connectivity index (χ4v) is 2.33. The molecule has 118 valence electrons. The summed E-state index contributed by atoms with van der Waals surface area (Å²) >= 11 is 0. The van der Waals surface area contributed by atoms with E-state index in [0.717, 1.165) is 26.1 Å². The van der Waals surface area contributed by atoms with Gasteiger partial charge in [-0.3, -0.25) is 4.90 Å². The average Bonchev–Trinajstić information content (AvgIpc) is 2.40. The topological polar surface area (TPSA) is 35.5 Å². The first-order chi connectivity index (χ1) is 9.96. The van der Waals surface area contributed by atoms with E-state index in [9.17, 15) is 0 Å². The van der Waals surface area contributed by atoms with Crippen molar-refractivity contribution in [3.63, 3.8) is 0 Å². The number of benzene rings is 1. The third-order valence-electron chi connectivity index (χ3n) is 3.37. The Labute approximate surface area is 129 Å². The van der Waals surface area contributed by atoms with Crippen LogP contribution < -0.4 is 5.32 Å². The van der Waals surface area contributed by atoms with E-state index >= 15 is 0 Å². The molecule has 21 heavy (non-hydrogen) atoms. The maximum Gasteiger partial charge on any atom is 0.0558 e. The number of rotatable bonds is 9. The lowest BCUT2D eigenvalue weighted by Gasteiger charge is -2.23. The van der Waals surface area contributed by atoms with Gasteiger partial charge in [-0.05, 0) is 44.9 Å². The zero-order valence-electron chi connectivity index (χ0n) is 13.7. The number of aliphatic hydroxyl groups is 1. The van der Waals surface area contributed by atoms with Crippen molar-refractivity contribution in [2.45, 2.75) is 39.3 Å². The predicted octanol–water partition coefficient (Wildman–Crippen LogP) is 2.60. The number of aliphatic hydroxyl groups excluding tert-OH is 1. The van der Waals surface area contributed by atoms with Crippen LogP contribution in [0.5, 0.6) is 0 Å². The minimum atomic E-state index is 0.153. The van der Waals surface area contributed by atoms with Crippen molar-refractivity contribution in [3.05, 3.63) is 48.0 Å². The average molecular weight is 290 g/mol. The van der Waals surface area contributed by atoms with Gasteiger partial charge in [0.2, 0.25) is 0 Å². The molecule has 1 aromatic rings. The van der Waals surface area contributed by atoms with Crippen molar-refractivity contribution in [1.29, 1.82) is 0 Å². The molecule has 0 amide bonds. The van der Waals surface area contributed by atoms with Gasteiger partial charge in [0.05, 0.1) is 6.61 Å². The maximum absolute atomic E-state index is 9.16. The minimum absolute atomic E-state index is 0.153. The second-order valence-corrected chi connectivity index (χ2v) is 6.44. The van der Waals surface area contributed by atoms with Crippen molar-refractivity contribution in [3.8, 4) is 0 Å². The summed E-state index contributed by atoms with van der Waals surface area (Å²) in [5.41, 5.74) is 2.87. The lowest BCUT2D eigenvalue weighted by Crippen LogP contribution is -2.37. The predicted molar refractivity (Wildman–Crippen MR) is 90.5 cm³/mol. The Morgan fingerprint density at radius 3 is 2.48 bits per heavy atom. The van der Waals surface area contributed by atoms with Crippen LogP contribution in [0, 0.1) is 0 Å². The van der Waals surface area contributed by atoms with Crippen molar-refractivity contribution < 1.29 is 5.11 Å². The Bertz CT molecular complexity index is 423. The summed E-state index contributed by atoms with van der Waals surface area (Å²) in [6, 6.07) is 8.56. The van der Waals surface area contributed by atoms with Crippen LogP contribution in [0.2, 0.25) is 0 Å².